The standard InChI is InChI=1S/C19H29N3O3/c1-15(2)22(19(24)25-14-16-7-4-3-5-8-16)13-17-9-6-10-21(12-17)18(23)11-20/h3-5,7-8,15,17H,6,9-14,20H2,1-2H3/t17-/m1/s1. The minimum Gasteiger partial charge on any atom is -0.445 e. The number of amides is 2. The van der Waals surface area contributed by atoms with Crippen molar-refractivity contribution in [3.05, 3.63) is 35.9 Å². The van der Waals surface area contributed by atoms with Crippen molar-refractivity contribution < 1.29 is 14.3 Å². The second-order valence-electron chi connectivity index (χ2n) is 6.84. The lowest BCUT2D eigenvalue weighted by Gasteiger charge is -2.36. The molecule has 0 aliphatic carbocycles. The zero-order valence-electron chi connectivity index (χ0n) is 15.2. The highest BCUT2D eigenvalue weighted by molar-refractivity contribution is 5.78. The van der Waals surface area contributed by atoms with Crippen LogP contribution in [-0.4, -0.2) is 54.0 Å². The number of nitrogens with zero attached hydrogens (tertiary/aromatic N) is 2. The Morgan fingerprint density at radius 1 is 1.32 bits per heavy atom. The molecule has 6 heteroatoms. The molecule has 0 aromatic heterocycles. The van der Waals surface area contributed by atoms with Crippen molar-refractivity contribution >= 4 is 12.0 Å². The van der Waals surface area contributed by atoms with E-state index in [1.165, 1.54) is 0 Å². The molecule has 2 N–H and O–H groups in total. The van der Waals surface area contributed by atoms with E-state index in [1.54, 1.807) is 4.90 Å². The van der Waals surface area contributed by atoms with Crippen LogP contribution in [0.4, 0.5) is 4.79 Å². The topological polar surface area (TPSA) is 75.9 Å². The summed E-state index contributed by atoms with van der Waals surface area (Å²) in [6.07, 6.45) is 1.64. The van der Waals surface area contributed by atoms with Gasteiger partial charge in [0.25, 0.3) is 0 Å². The molecule has 25 heavy (non-hydrogen) atoms. The zero-order chi connectivity index (χ0) is 18.2. The van der Waals surface area contributed by atoms with Crippen LogP contribution < -0.4 is 5.73 Å². The summed E-state index contributed by atoms with van der Waals surface area (Å²) in [7, 11) is 0. The van der Waals surface area contributed by atoms with Gasteiger partial charge in [0.1, 0.15) is 6.61 Å². The summed E-state index contributed by atoms with van der Waals surface area (Å²) in [6, 6.07) is 9.70. The van der Waals surface area contributed by atoms with Gasteiger partial charge in [0.15, 0.2) is 0 Å². The van der Waals surface area contributed by atoms with E-state index in [1.807, 2.05) is 49.1 Å². The highest BCUT2D eigenvalue weighted by Gasteiger charge is 2.28. The maximum Gasteiger partial charge on any atom is 0.410 e. The van der Waals surface area contributed by atoms with Gasteiger partial charge in [-0.15, -0.1) is 0 Å². The van der Waals surface area contributed by atoms with Gasteiger partial charge in [0.2, 0.25) is 5.91 Å². The van der Waals surface area contributed by atoms with E-state index in [0.29, 0.717) is 13.1 Å². The molecule has 138 valence electrons. The lowest BCUT2D eigenvalue weighted by Crippen LogP contribution is -2.48. The number of piperidine rings is 1. The summed E-state index contributed by atoms with van der Waals surface area (Å²) in [4.78, 5) is 27.9. The quantitative estimate of drug-likeness (QED) is 0.856. The first-order valence-corrected chi connectivity index (χ1v) is 8.96. The molecule has 1 fully saturated rings. The fourth-order valence-electron chi connectivity index (χ4n) is 3.15. The molecular formula is C19H29N3O3. The Bertz CT molecular complexity index is 562. The molecule has 0 bridgehead atoms. The molecule has 1 atom stereocenters. The van der Waals surface area contributed by atoms with Crippen LogP contribution >= 0.6 is 0 Å². The fraction of sp³-hybridized carbons (Fsp3) is 0.579. The van der Waals surface area contributed by atoms with E-state index >= 15 is 0 Å². The molecule has 1 aliphatic rings. The molecule has 0 saturated carbocycles. The Kier molecular flexibility index (Phi) is 7.25. The summed E-state index contributed by atoms with van der Waals surface area (Å²) in [5.74, 6) is 0.239. The normalized spacial score (nSPS) is 17.4. The smallest absolute Gasteiger partial charge is 0.410 e. The molecule has 1 aliphatic heterocycles. The summed E-state index contributed by atoms with van der Waals surface area (Å²) in [6.45, 7) is 6.29. The Hall–Kier alpha value is -2.08. The van der Waals surface area contributed by atoms with E-state index in [0.717, 1.165) is 24.9 Å². The van der Waals surface area contributed by atoms with Crippen LogP contribution in [0.15, 0.2) is 30.3 Å². The Balaban J connectivity index is 1.91. The zero-order valence-corrected chi connectivity index (χ0v) is 15.2. The lowest BCUT2D eigenvalue weighted by atomic mass is 9.97. The fourth-order valence-corrected chi connectivity index (χ4v) is 3.15. The molecule has 1 aromatic rings. The first-order chi connectivity index (χ1) is 12.0. The number of carbonyl (C=O) groups is 2. The third kappa shape index (κ3) is 5.74. The summed E-state index contributed by atoms with van der Waals surface area (Å²) in [5.41, 5.74) is 6.43. The Morgan fingerprint density at radius 2 is 2.04 bits per heavy atom. The molecule has 0 spiro atoms. The number of rotatable bonds is 6. The first kappa shape index (κ1) is 19.2. The molecule has 1 saturated heterocycles. The van der Waals surface area contributed by atoms with Crippen molar-refractivity contribution in [1.29, 1.82) is 0 Å². The number of likely N-dealkylation sites (tertiary alicyclic amines) is 1. The SMILES string of the molecule is CC(C)N(C[C@@H]1CCCN(C(=O)CN)C1)C(=O)OCc1ccccc1. The van der Waals surface area contributed by atoms with Crippen LogP contribution in [0.1, 0.15) is 32.3 Å². The Morgan fingerprint density at radius 3 is 2.68 bits per heavy atom. The number of ether oxygens (including phenoxy) is 1. The third-order valence-corrected chi connectivity index (χ3v) is 4.56. The second kappa shape index (κ2) is 9.42. The minimum atomic E-state index is -0.305. The van der Waals surface area contributed by atoms with E-state index in [4.69, 9.17) is 10.5 Å². The van der Waals surface area contributed by atoms with Gasteiger partial charge in [-0.25, -0.2) is 4.79 Å². The van der Waals surface area contributed by atoms with Crippen molar-refractivity contribution in [2.45, 2.75) is 39.3 Å². The van der Waals surface area contributed by atoms with Crippen molar-refractivity contribution in [2.75, 3.05) is 26.2 Å². The van der Waals surface area contributed by atoms with Gasteiger partial charge < -0.3 is 20.3 Å². The van der Waals surface area contributed by atoms with Gasteiger partial charge >= 0.3 is 6.09 Å². The first-order valence-electron chi connectivity index (χ1n) is 8.96. The molecular weight excluding hydrogens is 318 g/mol. The average molecular weight is 347 g/mol. The van der Waals surface area contributed by atoms with E-state index in [9.17, 15) is 9.59 Å². The van der Waals surface area contributed by atoms with Gasteiger partial charge in [0, 0.05) is 25.7 Å². The largest absolute Gasteiger partial charge is 0.445 e. The minimum absolute atomic E-state index is 0.0209. The molecule has 1 aromatic carbocycles. The molecule has 1 heterocycles. The van der Waals surface area contributed by atoms with Gasteiger partial charge in [-0.2, -0.15) is 0 Å². The molecule has 0 unspecified atom stereocenters. The van der Waals surface area contributed by atoms with E-state index < -0.39 is 0 Å². The van der Waals surface area contributed by atoms with Gasteiger partial charge in [0.05, 0.1) is 6.54 Å². The molecule has 0 radical (unpaired) electrons. The van der Waals surface area contributed by atoms with Crippen LogP contribution in [0.3, 0.4) is 0 Å². The van der Waals surface area contributed by atoms with Crippen LogP contribution in [0.25, 0.3) is 0 Å². The monoisotopic (exact) mass is 347 g/mol. The number of hydrogen-bond acceptors (Lipinski definition) is 4. The maximum atomic E-state index is 12.5. The Labute approximate surface area is 149 Å². The van der Waals surface area contributed by atoms with Crippen LogP contribution in [0.5, 0.6) is 0 Å². The van der Waals surface area contributed by atoms with Crippen molar-refractivity contribution in [2.24, 2.45) is 11.7 Å². The summed E-state index contributed by atoms with van der Waals surface area (Å²) < 4.78 is 5.47. The maximum absolute atomic E-state index is 12.5. The van der Waals surface area contributed by atoms with Crippen LogP contribution in [0.2, 0.25) is 0 Å². The van der Waals surface area contributed by atoms with Crippen molar-refractivity contribution in [1.82, 2.24) is 9.80 Å². The number of benzene rings is 1. The number of nitrogens with two attached hydrogens (primary N) is 1. The average Bonchev–Trinajstić information content (AvgIpc) is 2.64. The van der Waals surface area contributed by atoms with Gasteiger partial charge in [-0.1, -0.05) is 30.3 Å². The summed E-state index contributed by atoms with van der Waals surface area (Å²) >= 11 is 0. The third-order valence-electron chi connectivity index (χ3n) is 4.56. The predicted octanol–water partition coefficient (Wildman–Crippen LogP) is 2.23. The van der Waals surface area contributed by atoms with E-state index in [-0.39, 0.29) is 37.1 Å². The van der Waals surface area contributed by atoms with Crippen molar-refractivity contribution in [3.8, 4) is 0 Å². The summed E-state index contributed by atoms with van der Waals surface area (Å²) in [5, 5.41) is 0. The highest BCUT2D eigenvalue weighted by Crippen LogP contribution is 2.19. The second-order valence-corrected chi connectivity index (χ2v) is 6.84. The predicted molar refractivity (Wildman–Crippen MR) is 96.8 cm³/mol. The molecule has 6 nitrogen and oxygen atoms in total. The highest BCUT2D eigenvalue weighted by atomic mass is 16.6. The lowest BCUT2D eigenvalue weighted by molar-refractivity contribution is -0.131. The van der Waals surface area contributed by atoms with Crippen LogP contribution in [0, 0.1) is 5.92 Å². The number of carbonyl (C=O) groups excluding carboxylic acids is 2. The van der Waals surface area contributed by atoms with Crippen molar-refractivity contribution in [3.63, 3.8) is 0 Å². The van der Waals surface area contributed by atoms with Gasteiger partial charge in [-0.05, 0) is 38.2 Å². The molecule has 2 rings (SSSR count). The van der Waals surface area contributed by atoms with E-state index in [2.05, 4.69) is 0 Å². The van der Waals surface area contributed by atoms with Crippen LogP contribution in [-0.2, 0) is 16.1 Å². The van der Waals surface area contributed by atoms with Gasteiger partial charge in [-0.3, -0.25) is 4.79 Å². The number of hydrogen-bond donors (Lipinski definition) is 1. The molecule has 2 amide bonds.